The van der Waals surface area contributed by atoms with E-state index in [1.807, 2.05) is 0 Å². The van der Waals surface area contributed by atoms with Crippen molar-refractivity contribution in [3.05, 3.63) is 0 Å². The van der Waals surface area contributed by atoms with Crippen molar-refractivity contribution in [2.45, 2.75) is 343 Å². The number of ether oxygens (including phenoxy) is 3. The maximum atomic E-state index is 12.9. The van der Waals surface area contributed by atoms with Gasteiger partial charge in [0.1, 0.15) is 13.2 Å². The van der Waals surface area contributed by atoms with E-state index in [0.29, 0.717) is 19.3 Å². The number of hydrogen-bond donors (Lipinski definition) is 0. The van der Waals surface area contributed by atoms with Crippen LogP contribution in [-0.2, 0) is 28.6 Å². The van der Waals surface area contributed by atoms with E-state index >= 15 is 0 Å². The molecule has 0 spiro atoms. The Labute approximate surface area is 418 Å². The zero-order valence-corrected chi connectivity index (χ0v) is 46.2. The third-order valence-electron chi connectivity index (χ3n) is 13.9. The Morgan fingerprint density at radius 1 is 0.254 bits per heavy atom. The van der Waals surface area contributed by atoms with Gasteiger partial charge in [-0.05, 0) is 37.0 Å². The lowest BCUT2D eigenvalue weighted by Gasteiger charge is -2.18. The van der Waals surface area contributed by atoms with Gasteiger partial charge in [0.25, 0.3) is 0 Å². The Kier molecular flexibility index (Phi) is 51.0. The highest BCUT2D eigenvalue weighted by molar-refractivity contribution is 5.71. The van der Waals surface area contributed by atoms with Crippen molar-refractivity contribution < 1.29 is 28.6 Å². The monoisotopic (exact) mass is 947 g/mol. The number of carbonyl (C=O) groups is 3. The number of rotatable bonds is 54. The van der Waals surface area contributed by atoms with Crippen LogP contribution in [0, 0.1) is 17.8 Å². The average Bonchev–Trinajstić information content (AvgIpc) is 3.29. The van der Waals surface area contributed by atoms with Crippen LogP contribution >= 0.6 is 0 Å². The highest BCUT2D eigenvalue weighted by Gasteiger charge is 2.19. The SMILES string of the molecule is CC(C)CCCCCCCCCCCCCCCCCCC(=O)OC[C@@H](COC(=O)CCCCCCCCCCCCCCCC(C)C)OC(=O)CCCCCCCCCCCCCC(C)C. The van der Waals surface area contributed by atoms with Crippen molar-refractivity contribution >= 4 is 17.9 Å². The molecule has 0 aliphatic carbocycles. The van der Waals surface area contributed by atoms with Crippen LogP contribution in [0.25, 0.3) is 0 Å². The van der Waals surface area contributed by atoms with Crippen molar-refractivity contribution in [2.75, 3.05) is 13.2 Å². The zero-order chi connectivity index (χ0) is 49.1. The lowest BCUT2D eigenvalue weighted by Crippen LogP contribution is -2.30. The number of unbranched alkanes of at least 4 members (excludes halogenated alkanes) is 37. The summed E-state index contributed by atoms with van der Waals surface area (Å²) in [4.78, 5) is 38.2. The highest BCUT2D eigenvalue weighted by Crippen LogP contribution is 2.19. The maximum Gasteiger partial charge on any atom is 0.306 e. The maximum absolute atomic E-state index is 12.9. The van der Waals surface area contributed by atoms with Gasteiger partial charge in [-0.2, -0.15) is 0 Å². The molecular weight excluding hydrogens is 829 g/mol. The molecule has 0 aliphatic heterocycles. The van der Waals surface area contributed by atoms with Gasteiger partial charge in [0.05, 0.1) is 0 Å². The molecule has 1 atom stereocenters. The quantitative estimate of drug-likeness (QED) is 0.0343. The minimum Gasteiger partial charge on any atom is -0.462 e. The number of hydrogen-bond acceptors (Lipinski definition) is 6. The molecule has 0 aromatic carbocycles. The van der Waals surface area contributed by atoms with Gasteiger partial charge < -0.3 is 14.2 Å². The van der Waals surface area contributed by atoms with E-state index in [1.54, 1.807) is 0 Å². The first kappa shape index (κ1) is 65.4. The molecule has 0 unspecified atom stereocenters. The fourth-order valence-electron chi connectivity index (χ4n) is 9.35. The third kappa shape index (κ3) is 55.2. The van der Waals surface area contributed by atoms with E-state index in [2.05, 4.69) is 41.5 Å². The molecule has 0 N–H and O–H groups in total. The molecule has 0 fully saturated rings. The molecule has 0 aliphatic rings. The smallest absolute Gasteiger partial charge is 0.306 e. The van der Waals surface area contributed by atoms with E-state index in [4.69, 9.17) is 14.2 Å². The van der Waals surface area contributed by atoms with Crippen LogP contribution in [0.3, 0.4) is 0 Å². The summed E-state index contributed by atoms with van der Waals surface area (Å²) < 4.78 is 16.9. The first-order chi connectivity index (χ1) is 32.6. The Morgan fingerprint density at radius 2 is 0.433 bits per heavy atom. The fourth-order valence-corrected chi connectivity index (χ4v) is 9.35. The second-order valence-corrected chi connectivity index (χ2v) is 22.4. The summed E-state index contributed by atoms with van der Waals surface area (Å²) in [5, 5.41) is 0. The Morgan fingerprint density at radius 3 is 0.642 bits per heavy atom. The molecule has 0 amide bonds. The second-order valence-electron chi connectivity index (χ2n) is 22.4. The van der Waals surface area contributed by atoms with Crippen molar-refractivity contribution in [3.63, 3.8) is 0 Å². The van der Waals surface area contributed by atoms with Crippen LogP contribution < -0.4 is 0 Å². The summed E-state index contributed by atoms with van der Waals surface area (Å²) in [6.07, 6.45) is 55.3. The van der Waals surface area contributed by atoms with E-state index < -0.39 is 6.10 Å². The van der Waals surface area contributed by atoms with Crippen molar-refractivity contribution in [1.29, 1.82) is 0 Å². The lowest BCUT2D eigenvalue weighted by atomic mass is 10.0. The molecular formula is C61H118O6. The molecule has 0 saturated carbocycles. The molecule has 67 heavy (non-hydrogen) atoms. The summed E-state index contributed by atoms with van der Waals surface area (Å²) in [7, 11) is 0. The van der Waals surface area contributed by atoms with Crippen molar-refractivity contribution in [3.8, 4) is 0 Å². The van der Waals surface area contributed by atoms with Gasteiger partial charge in [0, 0.05) is 19.3 Å². The topological polar surface area (TPSA) is 78.9 Å². The zero-order valence-electron chi connectivity index (χ0n) is 46.2. The van der Waals surface area contributed by atoms with Gasteiger partial charge in [0.2, 0.25) is 0 Å². The molecule has 0 saturated heterocycles. The van der Waals surface area contributed by atoms with Crippen LogP contribution in [0.1, 0.15) is 337 Å². The molecule has 0 rings (SSSR count). The van der Waals surface area contributed by atoms with Gasteiger partial charge in [-0.25, -0.2) is 0 Å². The van der Waals surface area contributed by atoms with Gasteiger partial charge in [0.15, 0.2) is 6.10 Å². The summed E-state index contributed by atoms with van der Waals surface area (Å²) in [6, 6.07) is 0. The van der Waals surface area contributed by atoms with Crippen LogP contribution in [0.4, 0.5) is 0 Å². The standard InChI is InChI=1S/C61H118O6/c1-55(2)47-41-35-29-23-17-12-9-7-8-10-14-20-26-32-38-44-50-59(62)65-53-58(67-61(64)52-46-40-34-28-22-16-19-25-31-37-43-49-57(5)6)54-66-60(63)51-45-39-33-27-21-15-11-13-18-24-30-36-42-48-56(3)4/h55-58H,7-54H2,1-6H3/t58-/m0/s1. The Bertz CT molecular complexity index is 1040. The van der Waals surface area contributed by atoms with Gasteiger partial charge >= 0.3 is 17.9 Å². The fraction of sp³-hybridized carbons (Fsp3) is 0.951. The molecule has 398 valence electrons. The molecule has 6 heteroatoms. The van der Waals surface area contributed by atoms with Gasteiger partial charge in [-0.1, -0.05) is 298 Å². The van der Waals surface area contributed by atoms with Crippen LogP contribution in [0.15, 0.2) is 0 Å². The third-order valence-corrected chi connectivity index (χ3v) is 13.9. The first-order valence-corrected chi connectivity index (χ1v) is 30.1. The van der Waals surface area contributed by atoms with E-state index in [-0.39, 0.29) is 31.1 Å². The van der Waals surface area contributed by atoms with E-state index in [9.17, 15) is 14.4 Å². The normalized spacial score (nSPS) is 12.1. The second kappa shape index (κ2) is 52.2. The molecule has 0 heterocycles. The number of carbonyl (C=O) groups excluding carboxylic acids is 3. The molecule has 0 radical (unpaired) electrons. The van der Waals surface area contributed by atoms with Crippen LogP contribution in [0.2, 0.25) is 0 Å². The van der Waals surface area contributed by atoms with Gasteiger partial charge in [-0.15, -0.1) is 0 Å². The largest absolute Gasteiger partial charge is 0.462 e. The minimum atomic E-state index is -0.764. The summed E-state index contributed by atoms with van der Waals surface area (Å²) >= 11 is 0. The van der Waals surface area contributed by atoms with E-state index in [1.165, 1.54) is 218 Å². The van der Waals surface area contributed by atoms with Crippen LogP contribution in [0.5, 0.6) is 0 Å². The Hall–Kier alpha value is -1.59. The predicted molar refractivity (Wildman–Crippen MR) is 289 cm³/mol. The average molecular weight is 948 g/mol. The number of esters is 3. The summed E-state index contributed by atoms with van der Waals surface area (Å²) in [5.74, 6) is 1.68. The Balaban J connectivity index is 4.28. The highest BCUT2D eigenvalue weighted by atomic mass is 16.6. The lowest BCUT2D eigenvalue weighted by molar-refractivity contribution is -0.167. The first-order valence-electron chi connectivity index (χ1n) is 30.1. The summed E-state index contributed by atoms with van der Waals surface area (Å²) in [6.45, 7) is 13.8. The molecule has 6 nitrogen and oxygen atoms in total. The van der Waals surface area contributed by atoms with E-state index in [0.717, 1.165) is 75.5 Å². The molecule has 0 bridgehead atoms. The molecule has 0 aromatic rings. The molecule has 0 aromatic heterocycles. The van der Waals surface area contributed by atoms with Crippen molar-refractivity contribution in [1.82, 2.24) is 0 Å². The van der Waals surface area contributed by atoms with Crippen molar-refractivity contribution in [2.24, 2.45) is 17.8 Å². The predicted octanol–water partition coefficient (Wildman–Crippen LogP) is 19.9. The van der Waals surface area contributed by atoms with Crippen LogP contribution in [-0.4, -0.2) is 37.2 Å². The van der Waals surface area contributed by atoms with Gasteiger partial charge in [-0.3, -0.25) is 14.4 Å². The minimum absolute atomic E-state index is 0.0632. The summed E-state index contributed by atoms with van der Waals surface area (Å²) in [5.41, 5.74) is 0.